The fraction of sp³-hybridized carbons (Fsp3) is 1.00. The molecule has 0 bridgehead atoms. The van der Waals surface area contributed by atoms with Gasteiger partial charge in [0.2, 0.25) is 0 Å². The van der Waals surface area contributed by atoms with E-state index in [9.17, 15) is 0 Å². The summed E-state index contributed by atoms with van der Waals surface area (Å²) in [5, 5.41) is 17.7. The summed E-state index contributed by atoms with van der Waals surface area (Å²) in [5.41, 5.74) is 5.86. The third-order valence-electron chi connectivity index (χ3n) is 2.70. The largest absolute Gasteiger partial charge is 0.395 e. The molecular weight excluding hydrogens is 180 g/mol. The Hall–Kier alpha value is -0.160. The summed E-state index contributed by atoms with van der Waals surface area (Å²) in [6.45, 7) is 8.40. The second-order valence-corrected chi connectivity index (χ2v) is 4.50. The Kier molecular flexibility index (Phi) is 6.27. The highest BCUT2D eigenvalue weighted by atomic mass is 16.3. The number of nitrogens with zero attached hydrogens (tertiary/aromatic N) is 1. The van der Waals surface area contributed by atoms with Gasteiger partial charge in [-0.05, 0) is 12.3 Å². The van der Waals surface area contributed by atoms with Crippen molar-refractivity contribution in [1.29, 1.82) is 0 Å². The molecule has 0 radical (unpaired) electrons. The number of nitrogens with two attached hydrogens (primary N) is 1. The van der Waals surface area contributed by atoms with E-state index in [1.165, 1.54) is 0 Å². The minimum atomic E-state index is 0.00431. The highest BCUT2D eigenvalue weighted by molar-refractivity contribution is 4.81. The zero-order valence-corrected chi connectivity index (χ0v) is 9.53. The van der Waals surface area contributed by atoms with Gasteiger partial charge < -0.3 is 15.9 Å². The highest BCUT2D eigenvalue weighted by Crippen LogP contribution is 2.20. The summed E-state index contributed by atoms with van der Waals surface area (Å²) in [6.07, 6.45) is 0. The van der Waals surface area contributed by atoms with Crippen LogP contribution in [0.5, 0.6) is 0 Å². The van der Waals surface area contributed by atoms with Gasteiger partial charge in [0.1, 0.15) is 0 Å². The summed E-state index contributed by atoms with van der Waals surface area (Å²) >= 11 is 0. The van der Waals surface area contributed by atoms with E-state index in [0.29, 0.717) is 13.1 Å². The number of hydrogen-bond donors (Lipinski definition) is 3. The molecule has 0 saturated heterocycles. The van der Waals surface area contributed by atoms with E-state index in [1.807, 2.05) is 11.8 Å². The number of aliphatic hydroxyl groups excluding tert-OH is 2. The monoisotopic (exact) mass is 204 g/mol. The number of aliphatic hydroxyl groups is 2. The molecule has 4 N–H and O–H groups in total. The average Bonchev–Trinajstić information content (AvgIpc) is 2.04. The Bertz CT molecular complexity index is 143. The van der Waals surface area contributed by atoms with Crippen LogP contribution in [0.2, 0.25) is 0 Å². The SMILES string of the molecule is CC(N)C(C)(C)CN(CCO)CCO. The maximum absolute atomic E-state index is 8.84. The molecule has 86 valence electrons. The zero-order chi connectivity index (χ0) is 11.2. The van der Waals surface area contributed by atoms with Crippen LogP contribution in [0.25, 0.3) is 0 Å². The van der Waals surface area contributed by atoms with Crippen molar-refractivity contribution in [3.05, 3.63) is 0 Å². The molecule has 0 fully saturated rings. The van der Waals surface area contributed by atoms with Gasteiger partial charge in [0.15, 0.2) is 0 Å². The van der Waals surface area contributed by atoms with Crippen LogP contribution in [-0.4, -0.2) is 54.0 Å². The zero-order valence-electron chi connectivity index (χ0n) is 9.53. The van der Waals surface area contributed by atoms with Gasteiger partial charge in [0, 0.05) is 25.7 Å². The summed E-state index contributed by atoms with van der Waals surface area (Å²) in [5.74, 6) is 0. The fourth-order valence-electron chi connectivity index (χ4n) is 1.27. The lowest BCUT2D eigenvalue weighted by Gasteiger charge is -2.35. The number of hydrogen-bond acceptors (Lipinski definition) is 4. The van der Waals surface area contributed by atoms with Gasteiger partial charge in [-0.2, -0.15) is 0 Å². The van der Waals surface area contributed by atoms with Crippen LogP contribution in [0.15, 0.2) is 0 Å². The molecule has 0 amide bonds. The lowest BCUT2D eigenvalue weighted by molar-refractivity contribution is 0.110. The van der Waals surface area contributed by atoms with Crippen LogP contribution >= 0.6 is 0 Å². The van der Waals surface area contributed by atoms with Crippen LogP contribution in [0.3, 0.4) is 0 Å². The maximum Gasteiger partial charge on any atom is 0.0558 e. The molecule has 0 aliphatic heterocycles. The Morgan fingerprint density at radius 3 is 1.93 bits per heavy atom. The molecule has 0 spiro atoms. The number of rotatable bonds is 7. The quantitative estimate of drug-likeness (QED) is 0.530. The molecule has 0 rings (SSSR count). The molecule has 1 atom stereocenters. The Morgan fingerprint density at radius 1 is 1.21 bits per heavy atom. The van der Waals surface area contributed by atoms with E-state index in [2.05, 4.69) is 13.8 Å². The summed E-state index contributed by atoms with van der Waals surface area (Å²) in [4.78, 5) is 2.03. The van der Waals surface area contributed by atoms with E-state index in [4.69, 9.17) is 15.9 Å². The van der Waals surface area contributed by atoms with Crippen molar-refractivity contribution in [3.63, 3.8) is 0 Å². The minimum absolute atomic E-state index is 0.00431. The Balaban J connectivity index is 4.12. The van der Waals surface area contributed by atoms with E-state index in [1.54, 1.807) is 0 Å². The molecule has 0 aliphatic carbocycles. The van der Waals surface area contributed by atoms with Crippen LogP contribution in [-0.2, 0) is 0 Å². The predicted octanol–water partition coefficient (Wildman–Crippen LogP) is -0.354. The second kappa shape index (κ2) is 6.35. The van der Waals surface area contributed by atoms with Crippen LogP contribution < -0.4 is 5.73 Å². The molecular formula is C10H24N2O2. The second-order valence-electron chi connectivity index (χ2n) is 4.50. The van der Waals surface area contributed by atoms with Gasteiger partial charge in [-0.15, -0.1) is 0 Å². The van der Waals surface area contributed by atoms with Crippen molar-refractivity contribution >= 4 is 0 Å². The molecule has 4 nitrogen and oxygen atoms in total. The third-order valence-corrected chi connectivity index (χ3v) is 2.70. The van der Waals surface area contributed by atoms with E-state index < -0.39 is 0 Å². The maximum atomic E-state index is 8.84. The van der Waals surface area contributed by atoms with Crippen LogP contribution in [0.4, 0.5) is 0 Å². The predicted molar refractivity (Wildman–Crippen MR) is 58.0 cm³/mol. The average molecular weight is 204 g/mol. The highest BCUT2D eigenvalue weighted by Gasteiger charge is 2.25. The smallest absolute Gasteiger partial charge is 0.0558 e. The first-order valence-electron chi connectivity index (χ1n) is 5.13. The molecule has 0 heterocycles. The molecule has 0 aliphatic rings. The van der Waals surface area contributed by atoms with Gasteiger partial charge >= 0.3 is 0 Å². The van der Waals surface area contributed by atoms with Crippen molar-refractivity contribution in [1.82, 2.24) is 4.90 Å². The third kappa shape index (κ3) is 4.91. The van der Waals surface area contributed by atoms with E-state index in [-0.39, 0.29) is 24.7 Å². The van der Waals surface area contributed by atoms with Crippen molar-refractivity contribution in [3.8, 4) is 0 Å². The fourth-order valence-corrected chi connectivity index (χ4v) is 1.27. The molecule has 0 aromatic rings. The summed E-state index contributed by atoms with van der Waals surface area (Å²) < 4.78 is 0. The molecule has 1 unspecified atom stereocenters. The van der Waals surface area contributed by atoms with Crippen molar-refractivity contribution in [2.45, 2.75) is 26.8 Å². The van der Waals surface area contributed by atoms with Gasteiger partial charge in [-0.1, -0.05) is 13.8 Å². The standard InChI is InChI=1S/C10H24N2O2/c1-9(11)10(2,3)8-12(4-6-13)5-7-14/h9,13-14H,4-8,11H2,1-3H3. The topological polar surface area (TPSA) is 69.7 Å². The van der Waals surface area contributed by atoms with Gasteiger partial charge in [0.25, 0.3) is 0 Å². The first kappa shape index (κ1) is 13.8. The molecule has 0 saturated carbocycles. The van der Waals surface area contributed by atoms with Crippen molar-refractivity contribution < 1.29 is 10.2 Å². The van der Waals surface area contributed by atoms with Gasteiger partial charge in [0.05, 0.1) is 13.2 Å². The molecule has 14 heavy (non-hydrogen) atoms. The Morgan fingerprint density at radius 2 is 1.64 bits per heavy atom. The first-order chi connectivity index (χ1) is 6.44. The molecule has 0 aromatic heterocycles. The van der Waals surface area contributed by atoms with E-state index in [0.717, 1.165) is 6.54 Å². The lowest BCUT2D eigenvalue weighted by atomic mass is 9.85. The summed E-state index contributed by atoms with van der Waals surface area (Å²) in [7, 11) is 0. The minimum Gasteiger partial charge on any atom is -0.395 e. The van der Waals surface area contributed by atoms with Gasteiger partial charge in [-0.25, -0.2) is 0 Å². The normalized spacial score (nSPS) is 14.8. The van der Waals surface area contributed by atoms with Crippen LogP contribution in [0, 0.1) is 5.41 Å². The van der Waals surface area contributed by atoms with Crippen LogP contribution in [0.1, 0.15) is 20.8 Å². The van der Waals surface area contributed by atoms with Crippen molar-refractivity contribution in [2.24, 2.45) is 11.1 Å². The molecule has 4 heteroatoms. The Labute approximate surface area is 86.7 Å². The van der Waals surface area contributed by atoms with Crippen molar-refractivity contribution in [2.75, 3.05) is 32.8 Å². The van der Waals surface area contributed by atoms with Gasteiger partial charge in [-0.3, -0.25) is 4.90 Å². The lowest BCUT2D eigenvalue weighted by Crippen LogP contribution is -2.45. The summed E-state index contributed by atoms with van der Waals surface area (Å²) in [6, 6.07) is 0.0994. The van der Waals surface area contributed by atoms with E-state index >= 15 is 0 Å². The first-order valence-corrected chi connectivity index (χ1v) is 5.13. The molecule has 0 aromatic carbocycles.